The number of piperazine rings is 1. The van der Waals surface area contributed by atoms with Crippen LogP contribution in [0.3, 0.4) is 0 Å². The zero-order valence-electron chi connectivity index (χ0n) is 12.5. The van der Waals surface area contributed by atoms with Crippen LogP contribution in [0, 0.1) is 11.8 Å². The second-order valence-electron chi connectivity index (χ2n) is 6.62. The molecule has 0 aromatic heterocycles. The second-order valence-corrected chi connectivity index (χ2v) is 6.62. The number of rotatable bonds is 4. The lowest BCUT2D eigenvalue weighted by Crippen LogP contribution is -2.71. The number of halogens is 3. The first kappa shape index (κ1) is 16.1. The Kier molecular flexibility index (Phi) is 3.97. The summed E-state index contributed by atoms with van der Waals surface area (Å²) in [4.78, 5) is 25.6. The lowest BCUT2D eigenvalue weighted by Gasteiger charge is -2.47. The monoisotopic (exact) mass is 306 g/mol. The van der Waals surface area contributed by atoms with Crippen molar-refractivity contribution in [3.63, 3.8) is 0 Å². The normalized spacial score (nSPS) is 30.8. The van der Waals surface area contributed by atoms with E-state index in [1.54, 1.807) is 0 Å². The first-order valence-corrected chi connectivity index (χ1v) is 7.25. The highest BCUT2D eigenvalue weighted by Gasteiger charge is 2.58. The van der Waals surface area contributed by atoms with E-state index in [-0.39, 0.29) is 11.8 Å². The Hall–Kier alpha value is -1.27. The van der Waals surface area contributed by atoms with E-state index in [0.29, 0.717) is 19.3 Å². The summed E-state index contributed by atoms with van der Waals surface area (Å²) in [5, 5.41) is 2.63. The summed E-state index contributed by atoms with van der Waals surface area (Å²) >= 11 is 0. The zero-order valence-corrected chi connectivity index (χ0v) is 12.5. The SMILES string of the molecule is CC(C)CC1NC(=O)C(C)(C2CC2)N(CC(F)(F)F)C1=O. The van der Waals surface area contributed by atoms with Crippen molar-refractivity contribution in [2.24, 2.45) is 11.8 Å². The van der Waals surface area contributed by atoms with Crippen LogP contribution in [0.25, 0.3) is 0 Å². The molecule has 1 aliphatic heterocycles. The number of nitrogens with one attached hydrogen (secondary N) is 1. The Morgan fingerprint density at radius 1 is 1.33 bits per heavy atom. The highest BCUT2D eigenvalue weighted by Crippen LogP contribution is 2.45. The van der Waals surface area contributed by atoms with Gasteiger partial charge in [-0.1, -0.05) is 13.8 Å². The van der Waals surface area contributed by atoms with E-state index >= 15 is 0 Å². The summed E-state index contributed by atoms with van der Waals surface area (Å²) in [6, 6.07) is -0.855. The van der Waals surface area contributed by atoms with Gasteiger partial charge in [0.25, 0.3) is 0 Å². The van der Waals surface area contributed by atoms with Gasteiger partial charge in [0.2, 0.25) is 11.8 Å². The molecule has 2 unspecified atom stereocenters. The third-order valence-corrected chi connectivity index (χ3v) is 4.31. The Morgan fingerprint density at radius 3 is 2.33 bits per heavy atom. The number of amides is 2. The van der Waals surface area contributed by atoms with E-state index in [1.165, 1.54) is 6.92 Å². The second kappa shape index (κ2) is 5.18. The minimum Gasteiger partial charge on any atom is -0.342 e. The number of alkyl halides is 3. The van der Waals surface area contributed by atoms with Gasteiger partial charge < -0.3 is 10.2 Å². The molecule has 1 saturated carbocycles. The van der Waals surface area contributed by atoms with Gasteiger partial charge in [-0.2, -0.15) is 13.2 Å². The van der Waals surface area contributed by atoms with Crippen molar-refractivity contribution >= 4 is 11.8 Å². The van der Waals surface area contributed by atoms with Gasteiger partial charge in [0.15, 0.2) is 0 Å². The van der Waals surface area contributed by atoms with Crippen LogP contribution in [0.5, 0.6) is 0 Å². The largest absolute Gasteiger partial charge is 0.406 e. The van der Waals surface area contributed by atoms with Gasteiger partial charge in [-0.05, 0) is 38.0 Å². The average molecular weight is 306 g/mol. The minimum atomic E-state index is -4.51. The Bertz CT molecular complexity index is 446. The molecule has 0 radical (unpaired) electrons. The maximum atomic E-state index is 12.8. The lowest BCUT2D eigenvalue weighted by atomic mass is 9.86. The summed E-state index contributed by atoms with van der Waals surface area (Å²) in [7, 11) is 0. The molecular formula is C14H21F3N2O2. The summed E-state index contributed by atoms with van der Waals surface area (Å²) in [6.07, 6.45) is -2.80. The van der Waals surface area contributed by atoms with Gasteiger partial charge in [-0.25, -0.2) is 0 Å². The van der Waals surface area contributed by atoms with E-state index in [4.69, 9.17) is 0 Å². The molecule has 21 heavy (non-hydrogen) atoms. The van der Waals surface area contributed by atoms with Crippen LogP contribution in [0.15, 0.2) is 0 Å². The van der Waals surface area contributed by atoms with E-state index < -0.39 is 36.1 Å². The Labute approximate surface area is 122 Å². The van der Waals surface area contributed by atoms with E-state index in [1.807, 2.05) is 13.8 Å². The summed E-state index contributed by atoms with van der Waals surface area (Å²) in [5.41, 5.74) is -1.37. The highest BCUT2D eigenvalue weighted by atomic mass is 19.4. The van der Waals surface area contributed by atoms with Gasteiger partial charge in [0.05, 0.1) is 0 Å². The van der Waals surface area contributed by atoms with Gasteiger partial charge >= 0.3 is 6.18 Å². The van der Waals surface area contributed by atoms with Crippen LogP contribution in [0.1, 0.15) is 40.0 Å². The summed E-state index contributed by atoms with van der Waals surface area (Å²) in [6.45, 7) is 3.82. The molecule has 120 valence electrons. The van der Waals surface area contributed by atoms with Gasteiger partial charge in [-0.3, -0.25) is 9.59 Å². The molecule has 1 N–H and O–H groups in total. The predicted octanol–water partition coefficient (Wildman–Crippen LogP) is 2.09. The fourth-order valence-corrected chi connectivity index (χ4v) is 3.01. The molecule has 7 heteroatoms. The highest BCUT2D eigenvalue weighted by molar-refractivity contribution is 6.00. The fourth-order valence-electron chi connectivity index (χ4n) is 3.01. The van der Waals surface area contributed by atoms with Crippen molar-refractivity contribution in [1.82, 2.24) is 10.2 Å². The fraction of sp³-hybridized carbons (Fsp3) is 0.857. The zero-order chi connectivity index (χ0) is 16.0. The van der Waals surface area contributed by atoms with Gasteiger partial charge in [0.1, 0.15) is 18.1 Å². The minimum absolute atomic E-state index is 0.109. The van der Waals surface area contributed by atoms with Crippen molar-refractivity contribution in [2.75, 3.05) is 6.54 Å². The maximum absolute atomic E-state index is 12.8. The lowest BCUT2D eigenvalue weighted by molar-refractivity contribution is -0.184. The molecule has 0 aromatic rings. The quantitative estimate of drug-likeness (QED) is 0.864. The van der Waals surface area contributed by atoms with Gasteiger partial charge in [0, 0.05) is 0 Å². The molecule has 2 rings (SSSR count). The summed E-state index contributed by atoms with van der Waals surface area (Å²) in [5.74, 6) is -1.14. The molecule has 1 saturated heterocycles. The number of hydrogen-bond donors (Lipinski definition) is 1. The Morgan fingerprint density at radius 2 is 1.90 bits per heavy atom. The third kappa shape index (κ3) is 3.16. The Balaban J connectivity index is 2.30. The van der Waals surface area contributed by atoms with E-state index in [0.717, 1.165) is 4.90 Å². The molecule has 1 aliphatic carbocycles. The van der Waals surface area contributed by atoms with Crippen molar-refractivity contribution in [2.45, 2.75) is 57.8 Å². The van der Waals surface area contributed by atoms with Crippen molar-refractivity contribution in [1.29, 1.82) is 0 Å². The average Bonchev–Trinajstić information content (AvgIpc) is 3.14. The number of hydrogen-bond acceptors (Lipinski definition) is 2. The van der Waals surface area contributed by atoms with Crippen LogP contribution in [0.4, 0.5) is 13.2 Å². The van der Waals surface area contributed by atoms with Crippen molar-refractivity contribution < 1.29 is 22.8 Å². The van der Waals surface area contributed by atoms with Gasteiger partial charge in [-0.15, -0.1) is 0 Å². The topological polar surface area (TPSA) is 49.4 Å². The number of carbonyl (C=O) groups excluding carboxylic acids is 2. The van der Waals surface area contributed by atoms with Crippen LogP contribution in [-0.4, -0.2) is 41.0 Å². The predicted molar refractivity (Wildman–Crippen MR) is 70.3 cm³/mol. The van der Waals surface area contributed by atoms with E-state index in [9.17, 15) is 22.8 Å². The van der Waals surface area contributed by atoms with E-state index in [2.05, 4.69) is 5.32 Å². The smallest absolute Gasteiger partial charge is 0.342 e. The van der Waals surface area contributed by atoms with Crippen molar-refractivity contribution in [3.8, 4) is 0 Å². The third-order valence-electron chi connectivity index (χ3n) is 4.31. The molecular weight excluding hydrogens is 285 g/mol. The van der Waals surface area contributed by atoms with Crippen LogP contribution < -0.4 is 5.32 Å². The summed E-state index contributed by atoms with van der Waals surface area (Å²) < 4.78 is 38.5. The molecule has 2 amide bonds. The molecule has 0 aromatic carbocycles. The molecule has 2 fully saturated rings. The van der Waals surface area contributed by atoms with Crippen molar-refractivity contribution in [3.05, 3.63) is 0 Å². The molecule has 1 heterocycles. The standard InChI is InChI=1S/C14H21F3N2O2/c1-8(2)6-10-11(20)19(7-14(15,16)17)13(3,9-4-5-9)12(21)18-10/h8-10H,4-7H2,1-3H3,(H,18,21). The molecule has 0 spiro atoms. The number of carbonyl (C=O) groups is 2. The van der Waals surface area contributed by atoms with Crippen LogP contribution >= 0.6 is 0 Å². The molecule has 2 aliphatic rings. The molecule has 0 bridgehead atoms. The molecule has 4 nitrogen and oxygen atoms in total. The molecule has 2 atom stereocenters. The first-order chi connectivity index (χ1) is 9.55. The van der Waals surface area contributed by atoms with Crippen LogP contribution in [-0.2, 0) is 9.59 Å². The van der Waals surface area contributed by atoms with Crippen LogP contribution in [0.2, 0.25) is 0 Å². The maximum Gasteiger partial charge on any atom is 0.406 e. The first-order valence-electron chi connectivity index (χ1n) is 7.25. The number of nitrogens with zero attached hydrogens (tertiary/aromatic N) is 1.